The van der Waals surface area contributed by atoms with Gasteiger partial charge in [0.15, 0.2) is 0 Å². The lowest BCUT2D eigenvalue weighted by Gasteiger charge is -2.04. The largest absolute Gasteiger partial charge is 0.324 e. The van der Waals surface area contributed by atoms with Crippen LogP contribution in [-0.2, 0) is 6.42 Å². The second kappa shape index (κ2) is 5.63. The summed E-state index contributed by atoms with van der Waals surface area (Å²) in [4.78, 5) is 0. The molecule has 0 radical (unpaired) electrons. The first-order chi connectivity index (χ1) is 5.38. The molecule has 0 aliphatic rings. The molecule has 1 aromatic carbocycles. The van der Waals surface area contributed by atoms with E-state index in [-0.39, 0.29) is 12.4 Å². The summed E-state index contributed by atoms with van der Waals surface area (Å²) in [7, 11) is 0. The number of hydrogen-bond acceptors (Lipinski definition) is 2. The number of anilines is 1. The van der Waals surface area contributed by atoms with E-state index in [1.54, 1.807) is 0 Å². The second-order valence-electron chi connectivity index (χ2n) is 2.29. The number of hydrazine groups is 1. The van der Waals surface area contributed by atoms with E-state index >= 15 is 0 Å². The van der Waals surface area contributed by atoms with E-state index in [0.29, 0.717) is 0 Å². The zero-order valence-corrected chi connectivity index (χ0v) is 7.60. The minimum Gasteiger partial charge on any atom is -0.324 e. The molecule has 3 heteroatoms. The quantitative estimate of drug-likeness (QED) is 0.429. The molecule has 1 rings (SSSR count). The molecule has 0 amide bonds. The highest BCUT2D eigenvalue weighted by Gasteiger charge is 1.95. The Morgan fingerprint density at radius 2 is 2.08 bits per heavy atom. The molecule has 3 N–H and O–H groups in total. The maximum absolute atomic E-state index is 5.30. The van der Waals surface area contributed by atoms with Crippen LogP contribution in [-0.4, -0.2) is 0 Å². The van der Waals surface area contributed by atoms with Crippen molar-refractivity contribution in [1.82, 2.24) is 0 Å². The first-order valence-corrected chi connectivity index (χ1v) is 3.54. The summed E-state index contributed by atoms with van der Waals surface area (Å²) in [5.74, 6) is 5.30. The molecule has 0 bridgehead atoms. The van der Waals surface area contributed by atoms with E-state index in [2.05, 4.69) is 12.0 Å². The van der Waals surface area contributed by atoms with Crippen molar-refractivity contribution in [3.05, 3.63) is 42.5 Å². The average molecular weight is 185 g/mol. The van der Waals surface area contributed by atoms with Gasteiger partial charge in [0, 0.05) is 0 Å². The molecule has 0 saturated carbocycles. The average Bonchev–Trinajstić information content (AvgIpc) is 2.06. The van der Waals surface area contributed by atoms with E-state index < -0.39 is 0 Å². The molecule has 0 unspecified atom stereocenters. The summed E-state index contributed by atoms with van der Waals surface area (Å²) in [6.45, 7) is 3.66. The van der Waals surface area contributed by atoms with Crippen LogP contribution in [0.1, 0.15) is 5.56 Å². The first kappa shape index (κ1) is 11.0. The minimum atomic E-state index is 0. The number of allylic oxidation sites excluding steroid dienone is 1. The smallest absolute Gasteiger partial charge is 0.0520 e. The second-order valence-corrected chi connectivity index (χ2v) is 2.29. The molecule has 0 heterocycles. The van der Waals surface area contributed by atoms with Gasteiger partial charge in [0.1, 0.15) is 0 Å². The van der Waals surface area contributed by atoms with Crippen LogP contribution < -0.4 is 11.3 Å². The number of para-hydroxylation sites is 1. The Bertz CT molecular complexity index is 248. The summed E-state index contributed by atoms with van der Waals surface area (Å²) >= 11 is 0. The summed E-state index contributed by atoms with van der Waals surface area (Å²) in [6.07, 6.45) is 2.70. The van der Waals surface area contributed by atoms with Crippen molar-refractivity contribution in [3.8, 4) is 0 Å². The molecule has 12 heavy (non-hydrogen) atoms. The number of nitrogen functional groups attached to an aromatic ring is 1. The molecule has 0 aliphatic carbocycles. The topological polar surface area (TPSA) is 38.0 Å². The predicted molar refractivity (Wildman–Crippen MR) is 55.4 cm³/mol. The molecule has 1 aromatic rings. The third-order valence-electron chi connectivity index (χ3n) is 1.54. The molecule has 0 saturated heterocycles. The first-order valence-electron chi connectivity index (χ1n) is 3.54. The van der Waals surface area contributed by atoms with Gasteiger partial charge in [0.2, 0.25) is 0 Å². The van der Waals surface area contributed by atoms with Gasteiger partial charge in [-0.25, -0.2) is 0 Å². The Morgan fingerprint density at radius 3 is 2.67 bits per heavy atom. The van der Waals surface area contributed by atoms with E-state index in [9.17, 15) is 0 Å². The van der Waals surface area contributed by atoms with Crippen LogP contribution in [0.2, 0.25) is 0 Å². The van der Waals surface area contributed by atoms with E-state index in [0.717, 1.165) is 12.1 Å². The van der Waals surface area contributed by atoms with Crippen LogP contribution in [0.4, 0.5) is 5.69 Å². The molecular weight excluding hydrogens is 172 g/mol. The Kier molecular flexibility index (Phi) is 5.17. The van der Waals surface area contributed by atoms with Crippen molar-refractivity contribution in [3.63, 3.8) is 0 Å². The van der Waals surface area contributed by atoms with Crippen LogP contribution in [0.25, 0.3) is 0 Å². The van der Waals surface area contributed by atoms with Crippen LogP contribution in [0.15, 0.2) is 36.9 Å². The lowest BCUT2D eigenvalue weighted by molar-refractivity contribution is 1.23. The Balaban J connectivity index is 0.00000121. The van der Waals surface area contributed by atoms with Gasteiger partial charge >= 0.3 is 0 Å². The lowest BCUT2D eigenvalue weighted by Crippen LogP contribution is -2.08. The van der Waals surface area contributed by atoms with Crippen molar-refractivity contribution in [2.45, 2.75) is 6.42 Å². The summed E-state index contributed by atoms with van der Waals surface area (Å²) in [6, 6.07) is 7.90. The number of nitrogens with two attached hydrogens (primary N) is 1. The van der Waals surface area contributed by atoms with Crippen molar-refractivity contribution < 1.29 is 0 Å². The number of rotatable bonds is 3. The molecule has 2 nitrogen and oxygen atoms in total. The number of hydrogen-bond donors (Lipinski definition) is 2. The fourth-order valence-corrected chi connectivity index (χ4v) is 0.995. The number of halogens is 1. The Morgan fingerprint density at radius 1 is 1.42 bits per heavy atom. The van der Waals surface area contributed by atoms with Crippen LogP contribution in [0.3, 0.4) is 0 Å². The highest BCUT2D eigenvalue weighted by Crippen LogP contribution is 2.13. The zero-order valence-electron chi connectivity index (χ0n) is 6.79. The summed E-state index contributed by atoms with van der Waals surface area (Å²) in [5.41, 5.74) is 4.77. The Hall–Kier alpha value is -0.990. The maximum Gasteiger partial charge on any atom is 0.0520 e. The fraction of sp³-hybridized carbons (Fsp3) is 0.111. The van der Waals surface area contributed by atoms with Crippen molar-refractivity contribution >= 4 is 18.1 Å². The highest BCUT2D eigenvalue weighted by atomic mass is 35.5. The van der Waals surface area contributed by atoms with Crippen LogP contribution in [0.5, 0.6) is 0 Å². The lowest BCUT2D eigenvalue weighted by atomic mass is 10.1. The Labute approximate surface area is 78.8 Å². The van der Waals surface area contributed by atoms with Gasteiger partial charge in [-0.3, -0.25) is 5.84 Å². The van der Waals surface area contributed by atoms with Gasteiger partial charge in [-0.15, -0.1) is 19.0 Å². The number of benzene rings is 1. The third-order valence-corrected chi connectivity index (χ3v) is 1.54. The monoisotopic (exact) mass is 184 g/mol. The molecule has 0 aliphatic heterocycles. The van der Waals surface area contributed by atoms with Crippen LogP contribution in [0, 0.1) is 0 Å². The highest BCUT2D eigenvalue weighted by molar-refractivity contribution is 5.85. The van der Waals surface area contributed by atoms with Crippen LogP contribution >= 0.6 is 12.4 Å². The predicted octanol–water partition coefficient (Wildman–Crippen LogP) is 2.12. The van der Waals surface area contributed by atoms with Gasteiger partial charge in [0.05, 0.1) is 5.69 Å². The number of nitrogens with one attached hydrogen (secondary N) is 1. The van der Waals surface area contributed by atoms with Gasteiger partial charge in [-0.1, -0.05) is 24.3 Å². The fourth-order valence-electron chi connectivity index (χ4n) is 0.995. The molecule has 66 valence electrons. The minimum absolute atomic E-state index is 0. The molecular formula is C9H13ClN2. The maximum atomic E-state index is 5.30. The normalized spacial score (nSPS) is 8.42. The molecule has 0 atom stereocenters. The van der Waals surface area contributed by atoms with Crippen molar-refractivity contribution in [1.29, 1.82) is 0 Å². The van der Waals surface area contributed by atoms with E-state index in [4.69, 9.17) is 5.84 Å². The van der Waals surface area contributed by atoms with E-state index in [1.807, 2.05) is 30.3 Å². The van der Waals surface area contributed by atoms with E-state index in [1.165, 1.54) is 5.56 Å². The van der Waals surface area contributed by atoms with Gasteiger partial charge in [-0.2, -0.15) is 0 Å². The zero-order chi connectivity index (χ0) is 8.10. The van der Waals surface area contributed by atoms with Gasteiger partial charge in [-0.05, 0) is 18.1 Å². The molecule has 0 spiro atoms. The third kappa shape index (κ3) is 2.57. The molecule has 0 fully saturated rings. The summed E-state index contributed by atoms with van der Waals surface area (Å²) in [5, 5.41) is 0. The van der Waals surface area contributed by atoms with Crippen molar-refractivity contribution in [2.24, 2.45) is 5.84 Å². The van der Waals surface area contributed by atoms with Gasteiger partial charge < -0.3 is 5.43 Å². The summed E-state index contributed by atoms with van der Waals surface area (Å²) < 4.78 is 0. The van der Waals surface area contributed by atoms with Gasteiger partial charge in [0.25, 0.3) is 0 Å². The standard InChI is InChI=1S/C9H12N2.ClH/c1-2-5-8-6-3-4-7-9(8)11-10;/h2-4,6-7,11H,1,5,10H2;1H. The molecule has 0 aromatic heterocycles. The van der Waals surface area contributed by atoms with Crippen molar-refractivity contribution in [2.75, 3.05) is 5.43 Å². The SMILES string of the molecule is C=CCc1ccccc1NN.Cl.